The standard InChI is InChI=1S/C18H14N4O4/c1-24-13-7-3-11(4-8-13)15-17-18(22(23)26-21-17)16(20-19-15)12-5-9-14(25-2)10-6-12/h3-10H,1-2H3. The summed E-state index contributed by atoms with van der Waals surface area (Å²) in [6.07, 6.45) is 0. The maximum Gasteiger partial charge on any atom is 0.278 e. The third kappa shape index (κ3) is 2.57. The van der Waals surface area contributed by atoms with Crippen LogP contribution < -0.4 is 14.4 Å². The third-order valence-corrected chi connectivity index (χ3v) is 4.04. The van der Waals surface area contributed by atoms with E-state index in [2.05, 4.69) is 15.4 Å². The molecule has 26 heavy (non-hydrogen) atoms. The van der Waals surface area contributed by atoms with Crippen molar-refractivity contribution in [1.29, 1.82) is 0 Å². The number of hydrogen-bond acceptors (Lipinski definition) is 7. The summed E-state index contributed by atoms with van der Waals surface area (Å²) >= 11 is 0. The Balaban J connectivity index is 1.87. The molecular formula is C18H14N4O4. The number of hydrogen-bond donors (Lipinski definition) is 0. The third-order valence-electron chi connectivity index (χ3n) is 4.04. The van der Waals surface area contributed by atoms with E-state index in [9.17, 15) is 5.21 Å². The Labute approximate surface area is 148 Å². The van der Waals surface area contributed by atoms with Gasteiger partial charge in [0.2, 0.25) is 0 Å². The molecular weight excluding hydrogens is 336 g/mol. The predicted octanol–water partition coefficient (Wildman–Crippen LogP) is 2.60. The highest BCUT2D eigenvalue weighted by Crippen LogP contribution is 2.30. The summed E-state index contributed by atoms with van der Waals surface area (Å²) in [5.41, 5.74) is 2.85. The second-order valence-electron chi connectivity index (χ2n) is 5.48. The maximum absolute atomic E-state index is 12.2. The lowest BCUT2D eigenvalue weighted by Gasteiger charge is -2.05. The Morgan fingerprint density at radius 1 is 0.808 bits per heavy atom. The van der Waals surface area contributed by atoms with E-state index in [4.69, 9.17) is 14.1 Å². The van der Waals surface area contributed by atoms with Gasteiger partial charge in [-0.25, -0.2) is 0 Å². The number of aromatic nitrogens is 4. The number of benzene rings is 2. The highest BCUT2D eigenvalue weighted by Gasteiger charge is 2.24. The molecule has 0 atom stereocenters. The van der Waals surface area contributed by atoms with Gasteiger partial charge in [-0.1, -0.05) is 0 Å². The largest absolute Gasteiger partial charge is 0.497 e. The first-order valence-corrected chi connectivity index (χ1v) is 7.76. The number of methoxy groups -OCH3 is 2. The maximum atomic E-state index is 12.2. The van der Waals surface area contributed by atoms with Gasteiger partial charge in [-0.2, -0.15) is 0 Å². The van der Waals surface area contributed by atoms with Crippen LogP contribution in [-0.4, -0.2) is 29.6 Å². The fraction of sp³-hybridized carbons (Fsp3) is 0.111. The Morgan fingerprint density at radius 2 is 1.31 bits per heavy atom. The summed E-state index contributed by atoms with van der Waals surface area (Å²) < 4.78 is 15.1. The lowest BCUT2D eigenvalue weighted by atomic mass is 10.1. The van der Waals surface area contributed by atoms with Crippen LogP contribution in [-0.2, 0) is 0 Å². The van der Waals surface area contributed by atoms with Crippen molar-refractivity contribution in [3.63, 3.8) is 0 Å². The van der Waals surface area contributed by atoms with E-state index in [0.717, 1.165) is 5.56 Å². The van der Waals surface area contributed by atoms with E-state index in [1.54, 1.807) is 50.6 Å². The SMILES string of the molecule is COc1ccc(-c2nnc(-c3ccc(OC)cc3)c3c2no[n+]3[O-])cc1. The topological polar surface area (TPSA) is 97.2 Å². The van der Waals surface area contributed by atoms with Gasteiger partial charge < -0.3 is 14.7 Å². The van der Waals surface area contributed by atoms with Gasteiger partial charge in [-0.3, -0.25) is 4.63 Å². The monoisotopic (exact) mass is 350 g/mol. The zero-order valence-electron chi connectivity index (χ0n) is 14.0. The van der Waals surface area contributed by atoms with Crippen molar-refractivity contribution in [3.05, 3.63) is 53.7 Å². The molecule has 2 aromatic heterocycles. The molecule has 0 bridgehead atoms. The van der Waals surface area contributed by atoms with Gasteiger partial charge in [0, 0.05) is 16.3 Å². The highest BCUT2D eigenvalue weighted by atomic mass is 16.8. The summed E-state index contributed by atoms with van der Waals surface area (Å²) in [7, 11) is 3.18. The van der Waals surface area contributed by atoms with Gasteiger partial charge in [-0.05, 0) is 53.4 Å². The average molecular weight is 350 g/mol. The molecule has 0 unspecified atom stereocenters. The van der Waals surface area contributed by atoms with Gasteiger partial charge >= 0.3 is 0 Å². The van der Waals surface area contributed by atoms with Crippen molar-refractivity contribution in [3.8, 4) is 34.0 Å². The molecule has 0 N–H and O–H groups in total. The lowest BCUT2D eigenvalue weighted by Crippen LogP contribution is -2.23. The second-order valence-corrected chi connectivity index (χ2v) is 5.48. The van der Waals surface area contributed by atoms with Crippen molar-refractivity contribution in [2.45, 2.75) is 0 Å². The van der Waals surface area contributed by atoms with Gasteiger partial charge in [0.05, 0.1) is 14.2 Å². The van der Waals surface area contributed by atoms with Gasteiger partial charge in [0.25, 0.3) is 11.0 Å². The molecule has 0 aliphatic carbocycles. The average Bonchev–Trinajstić information content (AvgIpc) is 3.09. The van der Waals surface area contributed by atoms with Crippen molar-refractivity contribution < 1.29 is 19.0 Å². The van der Waals surface area contributed by atoms with Gasteiger partial charge in [-0.15, -0.1) is 10.2 Å². The van der Waals surface area contributed by atoms with Crippen molar-refractivity contribution in [2.24, 2.45) is 0 Å². The van der Waals surface area contributed by atoms with Crippen molar-refractivity contribution in [2.75, 3.05) is 14.2 Å². The Kier molecular flexibility index (Phi) is 3.85. The molecule has 0 radical (unpaired) electrons. The van der Waals surface area contributed by atoms with Crippen LogP contribution in [0.1, 0.15) is 0 Å². The van der Waals surface area contributed by atoms with E-state index >= 15 is 0 Å². The van der Waals surface area contributed by atoms with Gasteiger partial charge in [0.15, 0.2) is 5.69 Å². The molecule has 0 saturated carbocycles. The molecule has 0 aliphatic heterocycles. The zero-order chi connectivity index (χ0) is 18.1. The number of fused-ring (bicyclic) bond motifs is 1. The van der Waals surface area contributed by atoms with Crippen LogP contribution in [0.2, 0.25) is 0 Å². The van der Waals surface area contributed by atoms with Gasteiger partial charge in [0.1, 0.15) is 17.2 Å². The number of ether oxygens (including phenoxy) is 2. The van der Waals surface area contributed by atoms with Crippen LogP contribution in [0.3, 0.4) is 0 Å². The molecule has 8 nitrogen and oxygen atoms in total. The first kappa shape index (κ1) is 15.8. The Morgan fingerprint density at radius 3 is 1.85 bits per heavy atom. The minimum atomic E-state index is 0.219. The lowest BCUT2D eigenvalue weighted by molar-refractivity contribution is -0.782. The van der Waals surface area contributed by atoms with Crippen LogP contribution in [0.25, 0.3) is 33.5 Å². The molecule has 2 aromatic carbocycles. The second kappa shape index (κ2) is 6.32. The zero-order valence-corrected chi connectivity index (χ0v) is 14.0. The van der Waals surface area contributed by atoms with Crippen LogP contribution in [0, 0.1) is 5.21 Å². The fourth-order valence-corrected chi connectivity index (χ4v) is 2.68. The van der Waals surface area contributed by atoms with Crippen LogP contribution >= 0.6 is 0 Å². The quantitative estimate of drug-likeness (QED) is 0.522. The summed E-state index contributed by atoms with van der Waals surface area (Å²) in [6.45, 7) is 0. The fourth-order valence-electron chi connectivity index (χ4n) is 2.68. The van der Waals surface area contributed by atoms with Crippen LogP contribution in [0.5, 0.6) is 11.5 Å². The Bertz CT molecular complexity index is 1060. The van der Waals surface area contributed by atoms with Crippen LogP contribution in [0.15, 0.2) is 53.2 Å². The van der Waals surface area contributed by atoms with E-state index in [-0.39, 0.29) is 5.52 Å². The van der Waals surface area contributed by atoms with Crippen molar-refractivity contribution in [1.82, 2.24) is 15.4 Å². The summed E-state index contributed by atoms with van der Waals surface area (Å²) in [5.74, 6) is 1.42. The predicted molar refractivity (Wildman–Crippen MR) is 92.5 cm³/mol. The summed E-state index contributed by atoms with van der Waals surface area (Å²) in [4.78, 5) is 0.344. The molecule has 0 aliphatic rings. The molecule has 0 spiro atoms. The minimum absolute atomic E-state index is 0.219. The number of rotatable bonds is 4. The van der Waals surface area contributed by atoms with E-state index in [0.29, 0.717) is 38.9 Å². The molecule has 4 aromatic rings. The van der Waals surface area contributed by atoms with E-state index in [1.807, 2.05) is 12.1 Å². The summed E-state index contributed by atoms with van der Waals surface area (Å²) in [6, 6.07) is 14.4. The van der Waals surface area contributed by atoms with E-state index < -0.39 is 0 Å². The smallest absolute Gasteiger partial charge is 0.278 e. The molecule has 8 heteroatoms. The highest BCUT2D eigenvalue weighted by molar-refractivity contribution is 5.94. The van der Waals surface area contributed by atoms with Crippen molar-refractivity contribution >= 4 is 11.0 Å². The normalized spacial score (nSPS) is 10.8. The summed E-state index contributed by atoms with van der Waals surface area (Å²) in [5, 5.41) is 24.5. The molecule has 2 heterocycles. The molecule has 0 fully saturated rings. The molecule has 4 rings (SSSR count). The molecule has 0 amide bonds. The first-order valence-electron chi connectivity index (χ1n) is 7.76. The molecule has 0 saturated heterocycles. The number of nitrogens with zero attached hydrogens (tertiary/aromatic N) is 4. The van der Waals surface area contributed by atoms with Crippen LogP contribution in [0.4, 0.5) is 0 Å². The minimum Gasteiger partial charge on any atom is -0.497 e. The molecule has 130 valence electrons. The first-order chi connectivity index (χ1) is 12.7. The van der Waals surface area contributed by atoms with E-state index in [1.165, 1.54) is 0 Å². The Hall–Kier alpha value is -3.68.